The van der Waals surface area contributed by atoms with E-state index in [-0.39, 0.29) is 0 Å². The lowest BCUT2D eigenvalue weighted by Crippen LogP contribution is -2.33. The van der Waals surface area contributed by atoms with E-state index in [9.17, 15) is 0 Å². The molecule has 16 heavy (non-hydrogen) atoms. The third-order valence-corrected chi connectivity index (χ3v) is 2.80. The van der Waals surface area contributed by atoms with Crippen molar-refractivity contribution in [3.8, 4) is 0 Å². The van der Waals surface area contributed by atoms with Crippen molar-refractivity contribution >= 4 is 16.3 Å². The largest absolute Gasteiger partial charge is 0.351 e. The Bertz CT molecular complexity index is 326. The summed E-state index contributed by atoms with van der Waals surface area (Å²) < 4.78 is 11.2. The molecule has 0 saturated carbocycles. The van der Waals surface area contributed by atoms with Crippen molar-refractivity contribution in [3.63, 3.8) is 0 Å². The second-order valence-corrected chi connectivity index (χ2v) is 3.97. The smallest absolute Gasteiger partial charge is 0.169 e. The van der Waals surface area contributed by atoms with Crippen LogP contribution in [0.2, 0.25) is 0 Å². The highest BCUT2D eigenvalue weighted by atomic mass is 28.1. The van der Waals surface area contributed by atoms with Crippen molar-refractivity contribution in [2.45, 2.75) is 19.3 Å². The van der Waals surface area contributed by atoms with Crippen LogP contribution in [0.3, 0.4) is 0 Å². The fourth-order valence-electron chi connectivity index (χ4n) is 1.45. The van der Waals surface area contributed by atoms with Gasteiger partial charge in [0.15, 0.2) is 5.41 Å². The molecule has 0 unspecified atom stereocenters. The predicted molar refractivity (Wildman–Crippen MR) is 67.2 cm³/mol. The minimum Gasteiger partial charge on any atom is -0.351 e. The van der Waals surface area contributed by atoms with Gasteiger partial charge in [0, 0.05) is 18.8 Å². The molecular formula is C13H17O2Si. The summed E-state index contributed by atoms with van der Waals surface area (Å²) >= 11 is 0. The number of ether oxygens (including phenoxy) is 2. The van der Waals surface area contributed by atoms with Gasteiger partial charge in [0.2, 0.25) is 0 Å². The molecule has 1 aromatic carbocycles. The number of rotatable bonds is 6. The maximum atomic E-state index is 5.59. The molecule has 0 aromatic heterocycles. The normalized spacial score (nSPS) is 11.4. The molecule has 1 aromatic rings. The lowest BCUT2D eigenvalue weighted by Gasteiger charge is -2.29. The Balaban J connectivity index is 2.95. The zero-order valence-corrected chi connectivity index (χ0v) is 10.8. The number of hydrogen-bond donors (Lipinski definition) is 0. The van der Waals surface area contributed by atoms with Crippen molar-refractivity contribution in [2.24, 2.45) is 0 Å². The second kappa shape index (κ2) is 5.99. The Morgan fingerprint density at radius 3 is 2.06 bits per heavy atom. The topological polar surface area (TPSA) is 18.5 Å². The quantitative estimate of drug-likeness (QED) is 0.555. The van der Waals surface area contributed by atoms with Gasteiger partial charge < -0.3 is 9.47 Å². The van der Waals surface area contributed by atoms with Crippen LogP contribution in [0.1, 0.15) is 25.0 Å². The molecule has 0 spiro atoms. The zero-order chi connectivity index (χ0) is 12.0. The SMILES string of the molecule is C=Cc1ccc(C([Si])(OCC)OCC)cc1. The first kappa shape index (κ1) is 13.2. The molecule has 3 radical (unpaired) electrons. The molecule has 3 heteroatoms. The lowest BCUT2D eigenvalue weighted by atomic mass is 10.1. The van der Waals surface area contributed by atoms with Gasteiger partial charge in [0.05, 0.1) is 0 Å². The molecule has 0 fully saturated rings. The Morgan fingerprint density at radius 2 is 1.69 bits per heavy atom. The van der Waals surface area contributed by atoms with Gasteiger partial charge in [-0.15, -0.1) is 0 Å². The molecule has 0 aliphatic carbocycles. The molecule has 0 aliphatic heterocycles. The van der Waals surface area contributed by atoms with Gasteiger partial charge in [-0.3, -0.25) is 0 Å². The first-order chi connectivity index (χ1) is 7.66. The Morgan fingerprint density at radius 1 is 1.19 bits per heavy atom. The summed E-state index contributed by atoms with van der Waals surface area (Å²) in [5.41, 5.74) is 1.17. The van der Waals surface area contributed by atoms with Crippen molar-refractivity contribution < 1.29 is 9.47 Å². The minimum absolute atomic E-state index is 0.576. The van der Waals surface area contributed by atoms with E-state index in [4.69, 9.17) is 9.47 Å². The van der Waals surface area contributed by atoms with Crippen LogP contribution in [0.4, 0.5) is 0 Å². The molecular weight excluding hydrogens is 216 g/mol. The van der Waals surface area contributed by atoms with E-state index < -0.39 is 5.41 Å². The standard InChI is InChI=1S/C13H17O2Si/c1-4-11-7-9-12(10-8-11)13(16,14-5-2)15-6-3/h4,7-10H,1,5-6H2,2-3H3. The fraction of sp³-hybridized carbons (Fsp3) is 0.385. The summed E-state index contributed by atoms with van der Waals surface area (Å²) in [5, 5.41) is 0. The highest BCUT2D eigenvalue weighted by Gasteiger charge is 2.27. The molecule has 0 aliphatic rings. The first-order valence-electron chi connectivity index (χ1n) is 5.42. The van der Waals surface area contributed by atoms with Gasteiger partial charge in [-0.05, 0) is 19.4 Å². The molecule has 1 rings (SSSR count). The molecule has 0 heterocycles. The van der Waals surface area contributed by atoms with Crippen LogP contribution >= 0.6 is 0 Å². The van der Waals surface area contributed by atoms with E-state index in [1.807, 2.05) is 38.1 Å². The van der Waals surface area contributed by atoms with E-state index in [2.05, 4.69) is 16.8 Å². The summed E-state index contributed by atoms with van der Waals surface area (Å²) in [6.07, 6.45) is 1.81. The van der Waals surface area contributed by atoms with E-state index in [1.54, 1.807) is 6.08 Å². The van der Waals surface area contributed by atoms with Crippen molar-refractivity contribution in [1.82, 2.24) is 0 Å². The van der Waals surface area contributed by atoms with Crippen LogP contribution in [0.25, 0.3) is 6.08 Å². The van der Waals surface area contributed by atoms with E-state index in [1.165, 1.54) is 0 Å². The molecule has 0 amide bonds. The number of hydrogen-bond acceptors (Lipinski definition) is 2. The van der Waals surface area contributed by atoms with Crippen molar-refractivity contribution in [1.29, 1.82) is 0 Å². The summed E-state index contributed by atoms with van der Waals surface area (Å²) in [6.45, 7) is 8.75. The Hall–Kier alpha value is -0.903. The van der Waals surface area contributed by atoms with Crippen molar-refractivity contribution in [3.05, 3.63) is 42.0 Å². The van der Waals surface area contributed by atoms with E-state index in [0.29, 0.717) is 13.2 Å². The zero-order valence-electron chi connectivity index (χ0n) is 9.82. The summed E-state index contributed by atoms with van der Waals surface area (Å²) in [6, 6.07) is 7.90. The van der Waals surface area contributed by atoms with Gasteiger partial charge >= 0.3 is 0 Å². The van der Waals surface area contributed by atoms with E-state index >= 15 is 0 Å². The molecule has 0 atom stereocenters. The molecule has 0 bridgehead atoms. The van der Waals surface area contributed by atoms with Gasteiger partial charge in [0.25, 0.3) is 0 Å². The van der Waals surface area contributed by atoms with Crippen molar-refractivity contribution in [2.75, 3.05) is 13.2 Å². The van der Waals surface area contributed by atoms with Crippen LogP contribution in [0.5, 0.6) is 0 Å². The van der Waals surface area contributed by atoms with Gasteiger partial charge in [0.1, 0.15) is 10.2 Å². The first-order valence-corrected chi connectivity index (χ1v) is 5.92. The maximum absolute atomic E-state index is 5.59. The summed E-state index contributed by atoms with van der Waals surface area (Å²) in [5.74, 6) is 0. The highest BCUT2D eigenvalue weighted by molar-refractivity contribution is 6.13. The van der Waals surface area contributed by atoms with Crippen LogP contribution in [0.15, 0.2) is 30.8 Å². The van der Waals surface area contributed by atoms with Crippen LogP contribution < -0.4 is 0 Å². The summed E-state index contributed by atoms with van der Waals surface area (Å²) in [7, 11) is 3.55. The molecule has 85 valence electrons. The fourth-order valence-corrected chi connectivity index (χ4v) is 1.91. The minimum atomic E-state index is -0.844. The van der Waals surface area contributed by atoms with E-state index in [0.717, 1.165) is 11.1 Å². The van der Waals surface area contributed by atoms with Crippen LogP contribution in [0, 0.1) is 0 Å². The molecule has 2 nitrogen and oxygen atoms in total. The van der Waals surface area contributed by atoms with Crippen LogP contribution in [-0.2, 0) is 14.9 Å². The highest BCUT2D eigenvalue weighted by Crippen LogP contribution is 2.24. The Kier molecular flexibility index (Phi) is 4.93. The average Bonchev–Trinajstić information content (AvgIpc) is 2.30. The third kappa shape index (κ3) is 3.04. The third-order valence-electron chi connectivity index (χ3n) is 2.22. The van der Waals surface area contributed by atoms with Gasteiger partial charge in [-0.25, -0.2) is 0 Å². The summed E-state index contributed by atoms with van der Waals surface area (Å²) in [4.78, 5) is 0. The van der Waals surface area contributed by atoms with Gasteiger partial charge in [-0.1, -0.05) is 36.9 Å². The predicted octanol–water partition coefficient (Wildman–Crippen LogP) is 2.68. The second-order valence-electron chi connectivity index (χ2n) is 3.31. The van der Waals surface area contributed by atoms with Gasteiger partial charge in [-0.2, -0.15) is 0 Å². The maximum Gasteiger partial charge on any atom is 0.169 e. The molecule has 0 saturated heterocycles. The Labute approximate surface area is 101 Å². The molecule has 0 N–H and O–H groups in total. The monoisotopic (exact) mass is 233 g/mol. The average molecular weight is 233 g/mol. The number of benzene rings is 1. The van der Waals surface area contributed by atoms with Crippen LogP contribution in [-0.4, -0.2) is 23.5 Å². The lowest BCUT2D eigenvalue weighted by molar-refractivity contribution is -0.180.